The third kappa shape index (κ3) is 4.17. The second-order valence-electron chi connectivity index (χ2n) is 6.53. The summed E-state index contributed by atoms with van der Waals surface area (Å²) in [4.78, 5) is 10.9. The molecule has 4 N–H and O–H groups in total. The average molecular weight is 285 g/mol. The fourth-order valence-electron chi connectivity index (χ4n) is 3.43. The number of rotatable bonds is 4. The van der Waals surface area contributed by atoms with Crippen molar-refractivity contribution in [3.8, 4) is 0 Å². The molecule has 2 fully saturated rings. The summed E-state index contributed by atoms with van der Waals surface area (Å²) in [6.07, 6.45) is 6.96. The molecule has 0 spiro atoms. The lowest BCUT2D eigenvalue weighted by molar-refractivity contribution is -0.144. The highest BCUT2D eigenvalue weighted by atomic mass is 16.4. The van der Waals surface area contributed by atoms with Gasteiger partial charge < -0.3 is 20.6 Å². The van der Waals surface area contributed by atoms with Gasteiger partial charge in [0.2, 0.25) is 0 Å². The monoisotopic (exact) mass is 285 g/mol. The Kier molecular flexibility index (Phi) is 5.41. The summed E-state index contributed by atoms with van der Waals surface area (Å²) < 4.78 is 0. The molecule has 20 heavy (non-hydrogen) atoms. The molecule has 0 amide bonds. The summed E-state index contributed by atoms with van der Waals surface area (Å²) in [5.74, 6) is -1.06. The lowest BCUT2D eigenvalue weighted by Crippen LogP contribution is -2.50. The van der Waals surface area contributed by atoms with E-state index >= 15 is 0 Å². The molecule has 2 atom stereocenters. The first-order valence-electron chi connectivity index (χ1n) is 7.87. The Balaban J connectivity index is 1.79. The first-order valence-corrected chi connectivity index (χ1v) is 7.87. The maximum absolute atomic E-state index is 10.9. The molecule has 0 saturated heterocycles. The molecule has 0 aliphatic heterocycles. The van der Waals surface area contributed by atoms with Crippen LogP contribution in [0.25, 0.3) is 0 Å². The van der Waals surface area contributed by atoms with Crippen molar-refractivity contribution in [2.24, 2.45) is 5.92 Å². The molecule has 0 heterocycles. The van der Waals surface area contributed by atoms with Gasteiger partial charge in [0.25, 0.3) is 0 Å². The van der Waals surface area contributed by atoms with Crippen LogP contribution in [0.3, 0.4) is 0 Å². The maximum atomic E-state index is 10.9. The maximum Gasteiger partial charge on any atom is 0.306 e. The number of hydrogen-bond acceptors (Lipinski definition) is 4. The van der Waals surface area contributed by atoms with Crippen LogP contribution in [0, 0.1) is 5.92 Å². The van der Waals surface area contributed by atoms with E-state index in [4.69, 9.17) is 5.11 Å². The van der Waals surface area contributed by atoms with E-state index in [0.29, 0.717) is 32.2 Å². The highest BCUT2D eigenvalue weighted by Crippen LogP contribution is 2.32. The van der Waals surface area contributed by atoms with Gasteiger partial charge in [-0.15, -0.1) is 0 Å². The molecule has 0 bridgehead atoms. The van der Waals surface area contributed by atoms with E-state index in [-0.39, 0.29) is 18.1 Å². The smallest absolute Gasteiger partial charge is 0.306 e. The minimum absolute atomic E-state index is 0.0683. The fourth-order valence-corrected chi connectivity index (χ4v) is 3.43. The average Bonchev–Trinajstić information content (AvgIpc) is 2.62. The molecule has 0 aromatic heterocycles. The predicted molar refractivity (Wildman–Crippen MR) is 75.4 cm³/mol. The van der Waals surface area contributed by atoms with Crippen LogP contribution in [0.15, 0.2) is 0 Å². The van der Waals surface area contributed by atoms with Crippen molar-refractivity contribution in [1.29, 1.82) is 0 Å². The number of carboxylic acids is 1. The van der Waals surface area contributed by atoms with E-state index in [9.17, 15) is 15.0 Å². The van der Waals surface area contributed by atoms with Crippen molar-refractivity contribution >= 4 is 5.97 Å². The summed E-state index contributed by atoms with van der Waals surface area (Å²) >= 11 is 0. The molecular formula is C15H27NO4. The Hall–Kier alpha value is -0.650. The Morgan fingerprint density at radius 1 is 1.10 bits per heavy atom. The molecule has 5 heteroatoms. The Morgan fingerprint density at radius 3 is 2.40 bits per heavy atom. The highest BCUT2D eigenvalue weighted by molar-refractivity contribution is 5.70. The Labute approximate surface area is 120 Å². The van der Waals surface area contributed by atoms with Crippen LogP contribution in [0.2, 0.25) is 0 Å². The van der Waals surface area contributed by atoms with Crippen LogP contribution in [-0.2, 0) is 4.79 Å². The third-order valence-electron chi connectivity index (χ3n) is 4.94. The van der Waals surface area contributed by atoms with E-state index in [0.717, 1.165) is 25.7 Å². The van der Waals surface area contributed by atoms with E-state index < -0.39 is 11.6 Å². The highest BCUT2D eigenvalue weighted by Gasteiger charge is 2.36. The molecule has 0 radical (unpaired) electrons. The zero-order valence-corrected chi connectivity index (χ0v) is 12.1. The quantitative estimate of drug-likeness (QED) is 0.584. The summed E-state index contributed by atoms with van der Waals surface area (Å²) in [6, 6.07) is 0.0683. The zero-order chi connectivity index (χ0) is 14.6. The Morgan fingerprint density at radius 2 is 1.75 bits per heavy atom. The minimum Gasteiger partial charge on any atom is -0.481 e. The molecule has 2 aliphatic carbocycles. The number of hydrogen-bond donors (Lipinski definition) is 4. The summed E-state index contributed by atoms with van der Waals surface area (Å²) in [5.41, 5.74) is -0.808. The van der Waals surface area contributed by atoms with Gasteiger partial charge in [-0.05, 0) is 38.5 Å². The number of carbonyl (C=O) groups is 1. The number of aliphatic hydroxyl groups is 2. The lowest BCUT2D eigenvalue weighted by atomic mass is 9.78. The second kappa shape index (κ2) is 6.87. The largest absolute Gasteiger partial charge is 0.481 e. The number of aliphatic carboxylic acids is 1. The van der Waals surface area contributed by atoms with E-state index in [2.05, 4.69) is 5.32 Å². The van der Waals surface area contributed by atoms with Gasteiger partial charge in [0.05, 0.1) is 17.6 Å². The molecule has 2 rings (SSSR count). The number of aliphatic hydroxyl groups excluding tert-OH is 1. The summed E-state index contributed by atoms with van der Waals surface area (Å²) in [7, 11) is 0. The van der Waals surface area contributed by atoms with Crippen molar-refractivity contribution in [1.82, 2.24) is 5.32 Å². The normalized spacial score (nSPS) is 39.2. The zero-order valence-electron chi connectivity index (χ0n) is 12.1. The summed E-state index contributed by atoms with van der Waals surface area (Å²) in [5, 5.41) is 32.9. The molecule has 0 aromatic carbocycles. The van der Waals surface area contributed by atoms with Gasteiger partial charge in [-0.1, -0.05) is 19.3 Å². The predicted octanol–water partition coefficient (Wildman–Crippen LogP) is 1.28. The second-order valence-corrected chi connectivity index (χ2v) is 6.53. The van der Waals surface area contributed by atoms with Crippen LogP contribution in [-0.4, -0.2) is 45.6 Å². The summed E-state index contributed by atoms with van der Waals surface area (Å²) in [6.45, 7) is 0.459. The molecule has 0 aromatic rings. The topological polar surface area (TPSA) is 89.8 Å². The lowest BCUT2D eigenvalue weighted by Gasteiger charge is -2.36. The molecular weight excluding hydrogens is 258 g/mol. The minimum atomic E-state index is -0.808. The van der Waals surface area contributed by atoms with Crippen LogP contribution in [0.1, 0.15) is 57.8 Å². The van der Waals surface area contributed by atoms with Crippen molar-refractivity contribution in [2.45, 2.75) is 75.5 Å². The molecule has 2 aliphatic rings. The van der Waals surface area contributed by atoms with Gasteiger partial charge in [0, 0.05) is 12.6 Å². The van der Waals surface area contributed by atoms with Crippen molar-refractivity contribution in [3.05, 3.63) is 0 Å². The van der Waals surface area contributed by atoms with Gasteiger partial charge in [0.15, 0.2) is 0 Å². The van der Waals surface area contributed by atoms with Crippen molar-refractivity contribution in [3.63, 3.8) is 0 Å². The number of carboxylic acid groups (broad SMARTS) is 1. The number of nitrogens with one attached hydrogen (secondary N) is 1. The van der Waals surface area contributed by atoms with Gasteiger partial charge in [0.1, 0.15) is 0 Å². The molecule has 2 saturated carbocycles. The van der Waals surface area contributed by atoms with Gasteiger partial charge in [-0.3, -0.25) is 4.79 Å². The molecule has 5 nitrogen and oxygen atoms in total. The van der Waals surface area contributed by atoms with E-state index in [1.54, 1.807) is 0 Å². The van der Waals surface area contributed by atoms with Crippen LogP contribution in [0.5, 0.6) is 0 Å². The first kappa shape index (κ1) is 15.7. The third-order valence-corrected chi connectivity index (χ3v) is 4.94. The van der Waals surface area contributed by atoms with Gasteiger partial charge in [-0.2, -0.15) is 0 Å². The first-order chi connectivity index (χ1) is 9.50. The SMILES string of the molecule is O=C(O)C1CCC(O)(CNC2CCCCCC2O)CC1. The van der Waals surface area contributed by atoms with Crippen LogP contribution in [0.4, 0.5) is 0 Å². The van der Waals surface area contributed by atoms with Gasteiger partial charge >= 0.3 is 5.97 Å². The van der Waals surface area contributed by atoms with Crippen LogP contribution >= 0.6 is 0 Å². The standard InChI is InChI=1S/C15H27NO4/c17-13-5-3-1-2-4-12(13)16-10-15(20)8-6-11(7-9-15)14(18)19/h11-13,16-17,20H,1-10H2,(H,18,19). The van der Waals surface area contributed by atoms with Crippen LogP contribution < -0.4 is 5.32 Å². The van der Waals surface area contributed by atoms with Crippen molar-refractivity contribution in [2.75, 3.05) is 6.54 Å². The molecule has 2 unspecified atom stereocenters. The Bertz CT molecular complexity index is 326. The van der Waals surface area contributed by atoms with Gasteiger partial charge in [-0.25, -0.2) is 0 Å². The fraction of sp³-hybridized carbons (Fsp3) is 0.933. The van der Waals surface area contributed by atoms with E-state index in [1.165, 1.54) is 6.42 Å². The molecule has 116 valence electrons. The van der Waals surface area contributed by atoms with E-state index in [1.807, 2.05) is 0 Å². The van der Waals surface area contributed by atoms with Crippen molar-refractivity contribution < 1.29 is 20.1 Å².